The maximum atomic E-state index is 11.3. The predicted octanol–water partition coefficient (Wildman–Crippen LogP) is 4.76. The molecule has 0 radical (unpaired) electrons. The Morgan fingerprint density at radius 3 is 2.63 bits per heavy atom. The van der Waals surface area contributed by atoms with Crippen LogP contribution in [0.4, 0.5) is 0 Å². The molecule has 1 aliphatic carbocycles. The molecule has 8 nitrogen and oxygen atoms in total. The molecule has 2 aromatic rings. The van der Waals surface area contributed by atoms with Gasteiger partial charge in [-0.1, -0.05) is 18.9 Å². The van der Waals surface area contributed by atoms with Gasteiger partial charge in [0.1, 0.15) is 11.1 Å². The molecule has 192 valence electrons. The van der Waals surface area contributed by atoms with E-state index >= 15 is 0 Å². The van der Waals surface area contributed by atoms with E-state index in [4.69, 9.17) is 18.7 Å². The van der Waals surface area contributed by atoms with Crippen molar-refractivity contribution in [3.63, 3.8) is 0 Å². The molecule has 2 unspecified atom stereocenters. The van der Waals surface area contributed by atoms with Crippen molar-refractivity contribution >= 4 is 16.9 Å². The van der Waals surface area contributed by atoms with Crippen molar-refractivity contribution in [1.82, 2.24) is 10.1 Å². The van der Waals surface area contributed by atoms with Gasteiger partial charge in [0.2, 0.25) is 0 Å². The number of carboxylic acids is 1. The molecule has 1 N–H and O–H groups in total. The highest BCUT2D eigenvalue weighted by molar-refractivity contribution is 5.88. The highest BCUT2D eigenvalue weighted by Crippen LogP contribution is 2.35. The summed E-state index contributed by atoms with van der Waals surface area (Å²) in [5.41, 5.74) is 0.703. The van der Waals surface area contributed by atoms with Crippen LogP contribution in [0.5, 0.6) is 11.6 Å². The van der Waals surface area contributed by atoms with Gasteiger partial charge in [0.15, 0.2) is 5.58 Å². The zero-order chi connectivity index (χ0) is 24.0. The monoisotopic (exact) mass is 486 g/mol. The second kappa shape index (κ2) is 11.6. The smallest absolute Gasteiger partial charge is 0.306 e. The summed E-state index contributed by atoms with van der Waals surface area (Å²) in [7, 11) is 0. The number of ether oxygens (including phenoxy) is 3. The molecule has 1 saturated carbocycles. The van der Waals surface area contributed by atoms with E-state index in [1.165, 1.54) is 25.7 Å². The lowest BCUT2D eigenvalue weighted by Crippen LogP contribution is -2.38. The summed E-state index contributed by atoms with van der Waals surface area (Å²) in [5.74, 6) is 1.52. The Kier molecular flexibility index (Phi) is 8.09. The Balaban J connectivity index is 1.07. The number of rotatable bonds is 10. The van der Waals surface area contributed by atoms with E-state index in [2.05, 4.69) is 10.1 Å². The summed E-state index contributed by atoms with van der Waals surface area (Å²) in [6.45, 7) is 4.94. The fourth-order valence-electron chi connectivity index (χ4n) is 5.74. The number of piperidine rings is 1. The van der Waals surface area contributed by atoms with Crippen LogP contribution in [0, 0.1) is 17.8 Å². The van der Waals surface area contributed by atoms with E-state index in [0.717, 1.165) is 56.6 Å². The highest BCUT2D eigenvalue weighted by Gasteiger charge is 2.28. The van der Waals surface area contributed by atoms with Crippen molar-refractivity contribution in [3.05, 3.63) is 18.2 Å². The molecule has 2 aliphatic heterocycles. The minimum absolute atomic E-state index is 0.0661. The summed E-state index contributed by atoms with van der Waals surface area (Å²) in [6, 6.07) is 5.83. The van der Waals surface area contributed by atoms with Crippen LogP contribution < -0.4 is 9.47 Å². The molecule has 1 aromatic carbocycles. The van der Waals surface area contributed by atoms with Crippen LogP contribution >= 0.6 is 0 Å². The largest absolute Gasteiger partial charge is 0.492 e. The number of likely N-dealkylation sites (tertiary alicyclic amines) is 1. The van der Waals surface area contributed by atoms with Crippen LogP contribution in [0.25, 0.3) is 11.0 Å². The van der Waals surface area contributed by atoms with Crippen LogP contribution in [0.1, 0.15) is 57.8 Å². The number of benzene rings is 1. The Labute approximate surface area is 206 Å². The fraction of sp³-hybridized carbons (Fsp3) is 0.704. The SMILES string of the molecule is O=C(O)C1CCOC(CCN2CCC(COc3noc4cccc(OCC5CCCC5)c34)CC2)C1. The van der Waals surface area contributed by atoms with E-state index in [-0.39, 0.29) is 12.0 Å². The lowest BCUT2D eigenvalue weighted by atomic mass is 9.93. The topological polar surface area (TPSA) is 94.3 Å². The molecular weight excluding hydrogens is 448 g/mol. The molecule has 2 atom stereocenters. The number of carbonyl (C=O) groups is 1. The van der Waals surface area contributed by atoms with Crippen LogP contribution in [0.15, 0.2) is 22.7 Å². The summed E-state index contributed by atoms with van der Waals surface area (Å²) in [6.07, 6.45) is 9.49. The van der Waals surface area contributed by atoms with Gasteiger partial charge in [-0.2, -0.15) is 0 Å². The number of aromatic nitrogens is 1. The van der Waals surface area contributed by atoms with Gasteiger partial charge in [-0.15, -0.1) is 0 Å². The molecule has 3 heterocycles. The minimum Gasteiger partial charge on any atom is -0.492 e. The van der Waals surface area contributed by atoms with Crippen LogP contribution in [-0.4, -0.2) is 66.7 Å². The predicted molar refractivity (Wildman–Crippen MR) is 131 cm³/mol. The van der Waals surface area contributed by atoms with Gasteiger partial charge in [-0.3, -0.25) is 4.79 Å². The molecule has 0 amide bonds. The first-order chi connectivity index (χ1) is 17.2. The van der Waals surface area contributed by atoms with E-state index in [0.29, 0.717) is 49.4 Å². The van der Waals surface area contributed by atoms with Crippen molar-refractivity contribution in [2.75, 3.05) is 39.5 Å². The average Bonchev–Trinajstić information content (AvgIpc) is 3.56. The lowest BCUT2D eigenvalue weighted by molar-refractivity contribution is -0.147. The Morgan fingerprint density at radius 2 is 1.83 bits per heavy atom. The van der Waals surface area contributed by atoms with Crippen molar-refractivity contribution in [2.24, 2.45) is 17.8 Å². The average molecular weight is 487 g/mol. The highest BCUT2D eigenvalue weighted by atomic mass is 16.5. The summed E-state index contributed by atoms with van der Waals surface area (Å²) < 4.78 is 23.7. The van der Waals surface area contributed by atoms with Gasteiger partial charge in [-0.05, 0) is 87.2 Å². The summed E-state index contributed by atoms with van der Waals surface area (Å²) in [5, 5.41) is 14.3. The van der Waals surface area contributed by atoms with Crippen molar-refractivity contribution in [2.45, 2.75) is 63.9 Å². The summed E-state index contributed by atoms with van der Waals surface area (Å²) in [4.78, 5) is 13.7. The third-order valence-corrected chi connectivity index (χ3v) is 8.02. The quantitative estimate of drug-likeness (QED) is 0.514. The molecular formula is C27H38N2O6. The molecule has 3 aliphatic rings. The molecule has 8 heteroatoms. The van der Waals surface area contributed by atoms with Crippen molar-refractivity contribution in [1.29, 1.82) is 0 Å². The van der Waals surface area contributed by atoms with Gasteiger partial charge in [0, 0.05) is 13.2 Å². The van der Waals surface area contributed by atoms with Crippen LogP contribution in [-0.2, 0) is 9.53 Å². The number of aliphatic carboxylic acids is 1. The van der Waals surface area contributed by atoms with E-state index < -0.39 is 5.97 Å². The number of carboxylic acid groups (broad SMARTS) is 1. The number of hydrogen-bond acceptors (Lipinski definition) is 7. The molecule has 3 fully saturated rings. The minimum atomic E-state index is -0.688. The summed E-state index contributed by atoms with van der Waals surface area (Å²) >= 11 is 0. The first-order valence-electron chi connectivity index (χ1n) is 13.4. The molecule has 0 spiro atoms. The Morgan fingerprint density at radius 1 is 1.06 bits per heavy atom. The van der Waals surface area contributed by atoms with Gasteiger partial charge >= 0.3 is 5.97 Å². The molecule has 5 rings (SSSR count). The number of hydrogen-bond donors (Lipinski definition) is 1. The van der Waals surface area contributed by atoms with Gasteiger partial charge < -0.3 is 28.7 Å². The van der Waals surface area contributed by atoms with Crippen molar-refractivity contribution < 1.29 is 28.6 Å². The van der Waals surface area contributed by atoms with Crippen LogP contribution in [0.3, 0.4) is 0 Å². The molecule has 35 heavy (non-hydrogen) atoms. The third kappa shape index (κ3) is 6.28. The Hall–Kier alpha value is -2.32. The zero-order valence-corrected chi connectivity index (χ0v) is 20.5. The second-order valence-corrected chi connectivity index (χ2v) is 10.5. The maximum Gasteiger partial charge on any atom is 0.306 e. The van der Waals surface area contributed by atoms with Gasteiger partial charge in [0.25, 0.3) is 5.88 Å². The number of nitrogens with zero attached hydrogens (tertiary/aromatic N) is 2. The van der Waals surface area contributed by atoms with Gasteiger partial charge in [-0.25, -0.2) is 0 Å². The fourth-order valence-corrected chi connectivity index (χ4v) is 5.74. The van der Waals surface area contributed by atoms with Crippen LogP contribution in [0.2, 0.25) is 0 Å². The third-order valence-electron chi connectivity index (χ3n) is 8.02. The maximum absolute atomic E-state index is 11.3. The Bertz CT molecular complexity index is 964. The van der Waals surface area contributed by atoms with Gasteiger partial charge in [0.05, 0.1) is 25.2 Å². The number of fused-ring (bicyclic) bond motifs is 1. The van der Waals surface area contributed by atoms with E-state index in [1.54, 1.807) is 0 Å². The standard InChI is InChI=1S/C27H38N2O6/c30-27(31)21-11-15-32-22(16-21)10-14-29-12-8-20(9-13-29)18-34-26-25-23(6-3-7-24(25)35-28-26)33-17-19-4-1-2-5-19/h3,6-7,19-22H,1-2,4-5,8-18H2,(H,30,31). The van der Waals surface area contributed by atoms with E-state index in [1.807, 2.05) is 18.2 Å². The molecule has 1 aromatic heterocycles. The zero-order valence-electron chi connectivity index (χ0n) is 20.5. The van der Waals surface area contributed by atoms with Crippen molar-refractivity contribution in [3.8, 4) is 11.6 Å². The first-order valence-corrected chi connectivity index (χ1v) is 13.4. The first kappa shape index (κ1) is 24.4. The van der Waals surface area contributed by atoms with E-state index in [9.17, 15) is 9.90 Å². The second-order valence-electron chi connectivity index (χ2n) is 10.5. The molecule has 0 bridgehead atoms. The molecule has 2 saturated heterocycles. The lowest BCUT2D eigenvalue weighted by Gasteiger charge is -2.34. The normalized spacial score (nSPS) is 24.7.